The zero-order valence-corrected chi connectivity index (χ0v) is 21.4. The Balaban J connectivity index is 0.975. The van der Waals surface area contributed by atoms with E-state index in [0.717, 1.165) is 82.7 Å². The van der Waals surface area contributed by atoms with E-state index in [9.17, 15) is 0 Å². The fraction of sp³-hybridized carbons (Fsp3) is 0.793. The predicted molar refractivity (Wildman–Crippen MR) is 133 cm³/mol. The monoisotopic (exact) mass is 485 g/mol. The Morgan fingerprint density at radius 2 is 1.66 bits per heavy atom. The Hall–Kier alpha value is -1.18. The fourth-order valence-corrected chi connectivity index (χ4v) is 7.96. The van der Waals surface area contributed by atoms with Crippen LogP contribution in [-0.2, 0) is 19.2 Å². The van der Waals surface area contributed by atoms with E-state index in [-0.39, 0.29) is 6.10 Å². The molecule has 4 bridgehead atoms. The molecule has 1 aliphatic heterocycles. The van der Waals surface area contributed by atoms with Gasteiger partial charge < -0.3 is 14.2 Å². The molecular formula is C29H43NO5. The molecule has 1 saturated heterocycles. The maximum Gasteiger partial charge on any atom is 0.207 e. The second-order valence-electron chi connectivity index (χ2n) is 11.8. The maximum absolute atomic E-state index is 6.30. The lowest BCUT2D eigenvalue weighted by Gasteiger charge is -2.58. The van der Waals surface area contributed by atoms with Crippen LogP contribution >= 0.6 is 0 Å². The molecule has 1 aromatic carbocycles. The molecule has 0 atom stereocenters. The topological polar surface area (TPSA) is 49.4 Å². The molecule has 6 fully saturated rings. The zero-order chi connectivity index (χ0) is 23.7. The normalized spacial score (nSPS) is 39.1. The molecule has 5 saturated carbocycles. The van der Waals surface area contributed by atoms with Gasteiger partial charge in [-0.15, -0.1) is 0 Å². The minimum Gasteiger partial charge on any atom is -0.492 e. The van der Waals surface area contributed by atoms with Gasteiger partial charge in [0.2, 0.25) is 5.79 Å². The number of nitrogens with zero attached hydrogens (tertiary/aromatic N) is 1. The Morgan fingerprint density at radius 3 is 2.34 bits per heavy atom. The third-order valence-corrected chi connectivity index (χ3v) is 9.69. The highest BCUT2D eigenvalue weighted by molar-refractivity contribution is 5.31. The van der Waals surface area contributed by atoms with E-state index in [1.165, 1.54) is 37.7 Å². The first kappa shape index (κ1) is 24.2. The van der Waals surface area contributed by atoms with Gasteiger partial charge in [-0.1, -0.05) is 12.1 Å². The average molecular weight is 486 g/mol. The van der Waals surface area contributed by atoms with Crippen LogP contribution in [0, 0.1) is 23.7 Å². The highest BCUT2D eigenvalue weighted by Crippen LogP contribution is 2.60. The summed E-state index contributed by atoms with van der Waals surface area (Å²) >= 11 is 0. The lowest BCUT2D eigenvalue weighted by Crippen LogP contribution is -2.60. The SMILES string of the molecule is COC1(OOC2CCC(c3cccc(OCCN4CCOCC4)c3)CC2)C2CC3CC(C2)CC1C3. The van der Waals surface area contributed by atoms with Crippen molar-refractivity contribution in [2.45, 2.75) is 75.6 Å². The third kappa shape index (κ3) is 5.15. The zero-order valence-electron chi connectivity index (χ0n) is 21.4. The summed E-state index contributed by atoms with van der Waals surface area (Å²) in [7, 11) is 1.83. The number of hydrogen-bond donors (Lipinski definition) is 0. The number of rotatable bonds is 9. The first-order valence-corrected chi connectivity index (χ1v) is 14.1. The van der Waals surface area contributed by atoms with E-state index >= 15 is 0 Å². The number of morpholine rings is 1. The minimum absolute atomic E-state index is 0.170. The Labute approximate surface area is 210 Å². The summed E-state index contributed by atoms with van der Waals surface area (Å²) in [6.07, 6.45) is 10.9. The van der Waals surface area contributed by atoms with Crippen LogP contribution in [0.2, 0.25) is 0 Å². The van der Waals surface area contributed by atoms with Gasteiger partial charge in [0.25, 0.3) is 0 Å². The van der Waals surface area contributed by atoms with Gasteiger partial charge in [-0.2, -0.15) is 0 Å². The third-order valence-electron chi connectivity index (χ3n) is 9.69. The van der Waals surface area contributed by atoms with Crippen LogP contribution in [0.15, 0.2) is 24.3 Å². The second kappa shape index (κ2) is 10.7. The summed E-state index contributed by atoms with van der Waals surface area (Å²) in [5.41, 5.74) is 1.39. The molecule has 5 aliphatic carbocycles. The average Bonchev–Trinajstić information content (AvgIpc) is 2.90. The van der Waals surface area contributed by atoms with Crippen LogP contribution in [0.1, 0.15) is 69.3 Å². The molecule has 0 spiro atoms. The molecule has 1 aromatic rings. The number of methoxy groups -OCH3 is 1. The molecule has 6 aliphatic rings. The summed E-state index contributed by atoms with van der Waals surface area (Å²) in [4.78, 5) is 14.9. The van der Waals surface area contributed by atoms with E-state index in [4.69, 9.17) is 24.0 Å². The number of hydrogen-bond acceptors (Lipinski definition) is 6. The highest BCUT2D eigenvalue weighted by atomic mass is 17.2. The smallest absolute Gasteiger partial charge is 0.207 e. The summed E-state index contributed by atoms with van der Waals surface area (Å²) in [5.74, 6) is 3.84. The van der Waals surface area contributed by atoms with Crippen molar-refractivity contribution in [1.82, 2.24) is 4.90 Å². The predicted octanol–water partition coefficient (Wildman–Crippen LogP) is 5.17. The van der Waals surface area contributed by atoms with Crippen LogP contribution < -0.4 is 4.74 Å². The Morgan fingerprint density at radius 1 is 0.943 bits per heavy atom. The largest absolute Gasteiger partial charge is 0.492 e. The maximum atomic E-state index is 6.30. The quantitative estimate of drug-likeness (QED) is 0.273. The number of ether oxygens (including phenoxy) is 3. The van der Waals surface area contributed by atoms with Crippen molar-refractivity contribution in [2.75, 3.05) is 46.6 Å². The van der Waals surface area contributed by atoms with Crippen LogP contribution in [0.3, 0.4) is 0 Å². The van der Waals surface area contributed by atoms with Crippen LogP contribution in [0.25, 0.3) is 0 Å². The van der Waals surface area contributed by atoms with Crippen molar-refractivity contribution in [2.24, 2.45) is 23.7 Å². The first-order chi connectivity index (χ1) is 17.2. The van der Waals surface area contributed by atoms with Crippen molar-refractivity contribution < 1.29 is 24.0 Å². The number of benzene rings is 1. The van der Waals surface area contributed by atoms with Gasteiger partial charge in [-0.05, 0) is 93.2 Å². The van der Waals surface area contributed by atoms with Crippen molar-refractivity contribution in [3.8, 4) is 5.75 Å². The lowest BCUT2D eigenvalue weighted by atomic mass is 9.53. The molecule has 35 heavy (non-hydrogen) atoms. The van der Waals surface area contributed by atoms with Gasteiger partial charge in [0.1, 0.15) is 12.4 Å². The first-order valence-electron chi connectivity index (χ1n) is 14.1. The molecule has 1 heterocycles. The summed E-state index contributed by atoms with van der Waals surface area (Å²) in [6.45, 7) is 5.37. The van der Waals surface area contributed by atoms with E-state index < -0.39 is 5.79 Å². The van der Waals surface area contributed by atoms with Gasteiger partial charge in [-0.3, -0.25) is 4.90 Å². The molecule has 0 N–H and O–H groups in total. The van der Waals surface area contributed by atoms with Gasteiger partial charge in [-0.25, -0.2) is 9.78 Å². The van der Waals surface area contributed by atoms with E-state index in [2.05, 4.69) is 29.2 Å². The Kier molecular flexibility index (Phi) is 7.37. The fourth-order valence-electron chi connectivity index (χ4n) is 7.96. The molecule has 0 amide bonds. The molecule has 0 radical (unpaired) electrons. The van der Waals surface area contributed by atoms with Crippen molar-refractivity contribution >= 4 is 0 Å². The second-order valence-corrected chi connectivity index (χ2v) is 11.8. The Bertz CT molecular complexity index is 804. The molecule has 194 valence electrons. The van der Waals surface area contributed by atoms with Gasteiger partial charge in [0.05, 0.1) is 19.3 Å². The van der Waals surface area contributed by atoms with Crippen molar-refractivity contribution in [3.05, 3.63) is 29.8 Å². The molecule has 0 unspecified atom stereocenters. The van der Waals surface area contributed by atoms with Crippen molar-refractivity contribution in [3.63, 3.8) is 0 Å². The van der Waals surface area contributed by atoms with Crippen LogP contribution in [0.5, 0.6) is 5.75 Å². The van der Waals surface area contributed by atoms with E-state index in [1.54, 1.807) is 0 Å². The summed E-state index contributed by atoms with van der Waals surface area (Å²) in [5, 5.41) is 0. The van der Waals surface area contributed by atoms with E-state index in [0.29, 0.717) is 17.8 Å². The van der Waals surface area contributed by atoms with Gasteiger partial charge >= 0.3 is 0 Å². The minimum atomic E-state index is -0.503. The van der Waals surface area contributed by atoms with Crippen molar-refractivity contribution in [1.29, 1.82) is 0 Å². The summed E-state index contributed by atoms with van der Waals surface area (Å²) in [6, 6.07) is 8.72. The molecule has 7 rings (SSSR count). The molecule has 6 nitrogen and oxygen atoms in total. The summed E-state index contributed by atoms with van der Waals surface area (Å²) < 4.78 is 17.6. The molecule has 0 aromatic heterocycles. The van der Waals surface area contributed by atoms with Gasteiger partial charge in [0.15, 0.2) is 0 Å². The lowest BCUT2D eigenvalue weighted by molar-refractivity contribution is -0.485. The van der Waals surface area contributed by atoms with E-state index in [1.807, 2.05) is 7.11 Å². The highest BCUT2D eigenvalue weighted by Gasteiger charge is 2.60. The van der Waals surface area contributed by atoms with Crippen LogP contribution in [-0.4, -0.2) is 63.4 Å². The van der Waals surface area contributed by atoms with Crippen LogP contribution in [0.4, 0.5) is 0 Å². The molecular weight excluding hydrogens is 442 g/mol. The molecule has 6 heteroatoms. The standard InChI is InChI=1S/C29H43NO5/c1-31-29(25-16-21-15-22(18-25)19-26(29)17-21)35-34-27-7-5-23(6-8-27)24-3-2-4-28(20-24)33-14-11-30-9-12-32-13-10-30/h2-4,20-23,25-27H,5-19H2,1H3. The van der Waals surface area contributed by atoms with Gasteiger partial charge in [0, 0.05) is 38.6 Å².